The molecule has 0 aliphatic carbocycles. The fraction of sp³-hybridized carbons (Fsp3) is 0.188. The van der Waals surface area contributed by atoms with Gasteiger partial charge in [0.2, 0.25) is 3.79 Å². The Morgan fingerprint density at radius 3 is 2.12 bits per heavy atom. The van der Waals surface area contributed by atoms with Gasteiger partial charge in [0, 0.05) is 23.4 Å². The lowest BCUT2D eigenvalue weighted by Crippen LogP contribution is -2.49. The van der Waals surface area contributed by atoms with Gasteiger partial charge in [-0.3, -0.25) is 14.9 Å². The number of non-ortho nitro benzene ring substituents is 1. The molecule has 25 heavy (non-hydrogen) atoms. The van der Waals surface area contributed by atoms with E-state index in [0.29, 0.717) is 5.69 Å². The van der Waals surface area contributed by atoms with Crippen molar-refractivity contribution in [2.24, 2.45) is 0 Å². The molecule has 0 aliphatic heterocycles. The molecule has 0 aromatic heterocycles. The van der Waals surface area contributed by atoms with Gasteiger partial charge in [0.15, 0.2) is 0 Å². The van der Waals surface area contributed by atoms with Crippen molar-refractivity contribution in [2.45, 2.75) is 16.9 Å². The third kappa shape index (κ3) is 5.49. The van der Waals surface area contributed by atoms with Crippen LogP contribution in [0.4, 0.5) is 11.4 Å². The summed E-state index contributed by atoms with van der Waals surface area (Å²) in [7, 11) is 0. The van der Waals surface area contributed by atoms with E-state index in [4.69, 9.17) is 34.8 Å². The average Bonchev–Trinajstić information content (AvgIpc) is 2.55. The quantitative estimate of drug-likeness (QED) is 0.335. The summed E-state index contributed by atoms with van der Waals surface area (Å²) in [6, 6.07) is 12.4. The topological polar surface area (TPSA) is 84.3 Å². The number of rotatable bonds is 5. The van der Waals surface area contributed by atoms with Crippen LogP contribution in [-0.4, -0.2) is 20.8 Å². The summed E-state index contributed by atoms with van der Waals surface area (Å²) >= 11 is 17.8. The summed E-state index contributed by atoms with van der Waals surface area (Å²) in [6.07, 6.45) is -1.01. The van der Waals surface area contributed by atoms with Gasteiger partial charge in [0.1, 0.15) is 6.17 Å². The molecule has 2 rings (SSSR count). The van der Waals surface area contributed by atoms with Crippen molar-refractivity contribution in [3.8, 4) is 0 Å². The van der Waals surface area contributed by atoms with Crippen LogP contribution in [0.2, 0.25) is 0 Å². The summed E-state index contributed by atoms with van der Waals surface area (Å²) in [5.74, 6) is -0.536. The molecular weight excluding hydrogens is 389 g/mol. The molecule has 0 saturated carbocycles. The molecule has 9 heteroatoms. The molecule has 2 N–H and O–H groups in total. The Balaban J connectivity index is 2.14. The van der Waals surface area contributed by atoms with Gasteiger partial charge in [0.25, 0.3) is 11.6 Å². The fourth-order valence-corrected chi connectivity index (χ4v) is 2.29. The molecule has 2 aromatic carbocycles. The number of carbonyl (C=O) groups is 1. The zero-order chi connectivity index (χ0) is 18.6. The standard InChI is InChI=1S/C16H14Cl3N3O3/c1-10-2-6-12(7-3-10)20-15(16(17,18)19)21-14(23)11-4-8-13(9-5-11)22(24)25/h2-9,15,20H,1H3,(H,21,23)/t15-/m1/s1. The second kappa shape index (κ2) is 7.91. The number of aryl methyl sites for hydroxylation is 1. The zero-order valence-corrected chi connectivity index (χ0v) is 15.3. The molecule has 0 bridgehead atoms. The first-order valence-electron chi connectivity index (χ1n) is 7.12. The highest BCUT2D eigenvalue weighted by Gasteiger charge is 2.34. The normalized spacial score (nSPS) is 12.3. The Kier molecular flexibility index (Phi) is 6.11. The van der Waals surface area contributed by atoms with Gasteiger partial charge in [-0.2, -0.15) is 0 Å². The van der Waals surface area contributed by atoms with Crippen molar-refractivity contribution in [1.29, 1.82) is 0 Å². The Labute approximate surface area is 159 Å². The first-order valence-corrected chi connectivity index (χ1v) is 8.25. The highest BCUT2D eigenvalue weighted by Crippen LogP contribution is 2.31. The number of hydrogen-bond acceptors (Lipinski definition) is 4. The summed E-state index contributed by atoms with van der Waals surface area (Å²) in [6.45, 7) is 1.94. The number of nitrogens with zero attached hydrogens (tertiary/aromatic N) is 1. The van der Waals surface area contributed by atoms with Crippen LogP contribution >= 0.6 is 34.8 Å². The van der Waals surface area contributed by atoms with E-state index in [1.807, 2.05) is 19.1 Å². The third-order valence-corrected chi connectivity index (χ3v) is 3.96. The molecule has 0 fully saturated rings. The van der Waals surface area contributed by atoms with Crippen LogP contribution in [0.3, 0.4) is 0 Å². The summed E-state index contributed by atoms with van der Waals surface area (Å²) in [5, 5.41) is 16.2. The summed E-state index contributed by atoms with van der Waals surface area (Å²) in [4.78, 5) is 22.4. The zero-order valence-electron chi connectivity index (χ0n) is 13.0. The van der Waals surface area contributed by atoms with E-state index < -0.39 is 20.8 Å². The molecule has 0 radical (unpaired) electrons. The Morgan fingerprint density at radius 2 is 1.64 bits per heavy atom. The van der Waals surface area contributed by atoms with Crippen molar-refractivity contribution < 1.29 is 9.72 Å². The van der Waals surface area contributed by atoms with Crippen LogP contribution in [0.15, 0.2) is 48.5 Å². The summed E-state index contributed by atoms with van der Waals surface area (Å²) in [5.41, 5.74) is 1.81. The number of alkyl halides is 3. The average molecular weight is 403 g/mol. The van der Waals surface area contributed by atoms with E-state index in [9.17, 15) is 14.9 Å². The van der Waals surface area contributed by atoms with Crippen LogP contribution in [0, 0.1) is 17.0 Å². The number of nitro groups is 1. The lowest BCUT2D eigenvalue weighted by molar-refractivity contribution is -0.384. The molecular formula is C16H14Cl3N3O3. The van der Waals surface area contributed by atoms with Gasteiger partial charge in [-0.1, -0.05) is 52.5 Å². The monoisotopic (exact) mass is 401 g/mol. The molecule has 1 amide bonds. The number of nitro benzene ring substituents is 1. The van der Waals surface area contributed by atoms with Gasteiger partial charge >= 0.3 is 0 Å². The molecule has 0 spiro atoms. The van der Waals surface area contributed by atoms with E-state index in [1.54, 1.807) is 12.1 Å². The molecule has 0 unspecified atom stereocenters. The predicted molar refractivity (Wildman–Crippen MR) is 99.4 cm³/mol. The first kappa shape index (κ1) is 19.3. The van der Waals surface area contributed by atoms with E-state index in [2.05, 4.69) is 10.6 Å². The highest BCUT2D eigenvalue weighted by molar-refractivity contribution is 6.68. The Morgan fingerprint density at radius 1 is 1.08 bits per heavy atom. The maximum Gasteiger partial charge on any atom is 0.269 e. The Bertz CT molecular complexity index is 759. The van der Waals surface area contributed by atoms with Gasteiger partial charge in [-0.05, 0) is 31.2 Å². The lowest BCUT2D eigenvalue weighted by atomic mass is 10.2. The van der Waals surface area contributed by atoms with Gasteiger partial charge < -0.3 is 10.6 Å². The van der Waals surface area contributed by atoms with Crippen LogP contribution in [-0.2, 0) is 0 Å². The van der Waals surface area contributed by atoms with Crippen LogP contribution < -0.4 is 10.6 Å². The Hall–Kier alpha value is -2.02. The molecule has 2 aromatic rings. The molecule has 1 atom stereocenters. The van der Waals surface area contributed by atoms with Crippen LogP contribution in [0.25, 0.3) is 0 Å². The van der Waals surface area contributed by atoms with Crippen LogP contribution in [0.1, 0.15) is 15.9 Å². The summed E-state index contributed by atoms with van der Waals surface area (Å²) < 4.78 is -1.82. The maximum atomic E-state index is 12.3. The lowest BCUT2D eigenvalue weighted by Gasteiger charge is -2.27. The number of carbonyl (C=O) groups excluding carboxylic acids is 1. The number of benzene rings is 2. The van der Waals surface area contributed by atoms with Crippen molar-refractivity contribution in [3.63, 3.8) is 0 Å². The van der Waals surface area contributed by atoms with E-state index in [1.165, 1.54) is 24.3 Å². The van der Waals surface area contributed by atoms with E-state index in [-0.39, 0.29) is 11.3 Å². The largest absolute Gasteiger partial charge is 0.362 e. The third-order valence-electron chi connectivity index (χ3n) is 3.31. The molecule has 132 valence electrons. The van der Waals surface area contributed by atoms with Crippen molar-refractivity contribution in [1.82, 2.24) is 5.32 Å². The van der Waals surface area contributed by atoms with E-state index >= 15 is 0 Å². The van der Waals surface area contributed by atoms with Gasteiger partial charge in [-0.15, -0.1) is 0 Å². The van der Waals surface area contributed by atoms with Gasteiger partial charge in [-0.25, -0.2) is 0 Å². The predicted octanol–water partition coefficient (Wildman–Crippen LogP) is 4.44. The maximum absolute atomic E-state index is 12.3. The second-order valence-corrected chi connectivity index (χ2v) is 7.63. The van der Waals surface area contributed by atoms with Crippen molar-refractivity contribution >= 4 is 52.1 Å². The minimum absolute atomic E-state index is 0.118. The number of nitrogens with one attached hydrogen (secondary N) is 2. The minimum atomic E-state index is -1.82. The highest BCUT2D eigenvalue weighted by atomic mass is 35.6. The number of anilines is 1. The number of halogens is 3. The van der Waals surface area contributed by atoms with Crippen LogP contribution in [0.5, 0.6) is 0 Å². The number of amides is 1. The fourth-order valence-electron chi connectivity index (χ4n) is 1.97. The SMILES string of the molecule is Cc1ccc(N[C@H](NC(=O)c2ccc([N+](=O)[O-])cc2)C(Cl)(Cl)Cl)cc1. The smallest absolute Gasteiger partial charge is 0.269 e. The second-order valence-electron chi connectivity index (χ2n) is 5.26. The molecule has 6 nitrogen and oxygen atoms in total. The minimum Gasteiger partial charge on any atom is -0.362 e. The van der Waals surface area contributed by atoms with Crippen molar-refractivity contribution in [3.05, 3.63) is 69.8 Å². The molecule has 0 heterocycles. The van der Waals surface area contributed by atoms with Gasteiger partial charge in [0.05, 0.1) is 4.92 Å². The molecule has 0 saturated heterocycles. The molecule has 0 aliphatic rings. The van der Waals surface area contributed by atoms with E-state index in [0.717, 1.165) is 5.56 Å². The first-order chi connectivity index (χ1) is 11.7. The van der Waals surface area contributed by atoms with Crippen molar-refractivity contribution in [2.75, 3.05) is 5.32 Å². The number of hydrogen-bond donors (Lipinski definition) is 2.